The number of amides is 1. The molecule has 5 aliphatic rings. The van der Waals surface area contributed by atoms with Crippen LogP contribution >= 0.6 is 11.8 Å². The van der Waals surface area contributed by atoms with Crippen molar-refractivity contribution in [1.82, 2.24) is 0 Å². The van der Waals surface area contributed by atoms with Crippen LogP contribution in [0.15, 0.2) is 10.1 Å². The summed E-state index contributed by atoms with van der Waals surface area (Å²) in [4.78, 5) is 16.3. The standard InChI is InChI=1S/C15H22N3O2S/c1-3-20-14(19)18-13(16-2)21-15(17-18)11-5-9-4-10(7-11)8-12(15)6-9/h9-12H,3-8H2,1-2H3/q+1. The summed E-state index contributed by atoms with van der Waals surface area (Å²) in [5.74, 6) is 3.00. The zero-order chi connectivity index (χ0) is 14.6. The van der Waals surface area contributed by atoms with Crippen LogP contribution in [0.3, 0.4) is 0 Å². The summed E-state index contributed by atoms with van der Waals surface area (Å²) in [5, 5.41) is 5.59. The first-order valence-corrected chi connectivity index (χ1v) is 8.83. The molecule has 4 bridgehead atoms. The van der Waals surface area contributed by atoms with Crippen LogP contribution < -0.4 is 0 Å². The van der Waals surface area contributed by atoms with E-state index >= 15 is 0 Å². The second kappa shape index (κ2) is 4.80. The molecule has 1 heterocycles. The Kier molecular flexibility index (Phi) is 3.14. The van der Waals surface area contributed by atoms with E-state index in [1.54, 1.807) is 18.8 Å². The normalized spacial score (nSPS) is 45.4. The average molecular weight is 308 g/mol. The van der Waals surface area contributed by atoms with Crippen molar-refractivity contribution in [3.05, 3.63) is 0 Å². The summed E-state index contributed by atoms with van der Waals surface area (Å²) >= 11 is 1.72. The van der Waals surface area contributed by atoms with Gasteiger partial charge in [0, 0.05) is 11.8 Å². The van der Waals surface area contributed by atoms with Crippen molar-refractivity contribution >= 4 is 23.0 Å². The highest BCUT2D eigenvalue weighted by atomic mass is 32.2. The Morgan fingerprint density at radius 2 is 1.95 bits per heavy atom. The smallest absolute Gasteiger partial charge is 0.430 e. The van der Waals surface area contributed by atoms with Crippen LogP contribution in [0.5, 0.6) is 0 Å². The monoisotopic (exact) mass is 308 g/mol. The Hall–Kier alpha value is -0.910. The Labute approximate surface area is 129 Å². The lowest BCUT2D eigenvalue weighted by molar-refractivity contribution is -0.401. The van der Waals surface area contributed by atoms with Crippen molar-refractivity contribution in [3.8, 4) is 0 Å². The van der Waals surface area contributed by atoms with Crippen LogP contribution in [-0.4, -0.2) is 34.5 Å². The van der Waals surface area contributed by atoms with Gasteiger partial charge in [0.15, 0.2) is 4.87 Å². The molecule has 1 spiro atoms. The molecule has 0 N–H and O–H groups in total. The molecule has 1 amide bonds. The number of ether oxygens (including phenoxy) is 1. The zero-order valence-electron chi connectivity index (χ0n) is 12.6. The van der Waals surface area contributed by atoms with Crippen LogP contribution in [0, 0.1) is 23.7 Å². The average Bonchev–Trinajstić information content (AvgIpc) is 2.85. The number of hydrogen-bond acceptors (Lipinski definition) is 5. The second-order valence-electron chi connectivity index (χ2n) is 6.78. The van der Waals surface area contributed by atoms with Gasteiger partial charge in [-0.2, -0.15) is 4.79 Å². The van der Waals surface area contributed by atoms with E-state index in [-0.39, 0.29) is 11.0 Å². The minimum atomic E-state index is -0.378. The maximum Gasteiger partial charge on any atom is 0.533 e. The Bertz CT molecular complexity index is 515. The van der Waals surface area contributed by atoms with E-state index in [0.29, 0.717) is 23.6 Å². The van der Waals surface area contributed by atoms with Gasteiger partial charge in [0.1, 0.15) is 7.05 Å². The van der Waals surface area contributed by atoms with Crippen LogP contribution in [0.1, 0.15) is 39.0 Å². The fraction of sp³-hybridized carbons (Fsp3) is 0.867. The number of carbonyl (C=O) groups excluding carboxylic acids is 1. The molecular formula is C15H22N3O2S+. The lowest BCUT2D eigenvalue weighted by Crippen LogP contribution is -2.54. The van der Waals surface area contributed by atoms with Crippen molar-refractivity contribution in [2.75, 3.05) is 13.7 Å². The largest absolute Gasteiger partial charge is 0.533 e. The third kappa shape index (κ3) is 1.91. The molecule has 0 atom stereocenters. The topological polar surface area (TPSA) is 54.0 Å². The summed E-state index contributed by atoms with van der Waals surface area (Å²) in [7, 11) is 1.74. The van der Waals surface area contributed by atoms with Gasteiger partial charge in [-0.05, 0) is 67.4 Å². The number of azo groups is 2. The highest BCUT2D eigenvalue weighted by Crippen LogP contribution is 2.64. The van der Waals surface area contributed by atoms with Crippen molar-refractivity contribution < 1.29 is 14.2 Å². The summed E-state index contributed by atoms with van der Waals surface area (Å²) in [6.07, 6.45) is 6.14. The predicted molar refractivity (Wildman–Crippen MR) is 80.4 cm³/mol. The van der Waals surface area contributed by atoms with E-state index in [0.717, 1.165) is 11.8 Å². The van der Waals surface area contributed by atoms with E-state index < -0.39 is 0 Å². The number of aliphatic imine (C=N–C) groups is 1. The molecule has 4 fully saturated rings. The SMILES string of the molecule is CCOC(=O)[N+]1=NC2(SC1=NC)C1CC3CC(C1)CC2C3. The van der Waals surface area contributed by atoms with Crippen LogP contribution in [-0.2, 0) is 4.74 Å². The first-order valence-electron chi connectivity index (χ1n) is 8.01. The van der Waals surface area contributed by atoms with Crippen molar-refractivity contribution in [2.24, 2.45) is 33.8 Å². The minimum absolute atomic E-state index is 0.144. The van der Waals surface area contributed by atoms with Gasteiger partial charge in [-0.3, -0.25) is 0 Å². The lowest BCUT2D eigenvalue weighted by Gasteiger charge is -2.56. The Morgan fingerprint density at radius 3 is 2.48 bits per heavy atom. The van der Waals surface area contributed by atoms with Gasteiger partial charge in [0.2, 0.25) is 0 Å². The van der Waals surface area contributed by atoms with Gasteiger partial charge >= 0.3 is 11.3 Å². The van der Waals surface area contributed by atoms with Crippen molar-refractivity contribution in [1.29, 1.82) is 0 Å². The summed E-state index contributed by atoms with van der Waals surface area (Å²) in [6.45, 7) is 2.19. The van der Waals surface area contributed by atoms with E-state index in [4.69, 9.17) is 9.85 Å². The third-order valence-corrected chi connectivity index (χ3v) is 7.25. The predicted octanol–water partition coefficient (Wildman–Crippen LogP) is 3.49. The third-order valence-electron chi connectivity index (χ3n) is 5.63. The Balaban J connectivity index is 1.71. The summed E-state index contributed by atoms with van der Waals surface area (Å²) in [6, 6.07) is 0. The van der Waals surface area contributed by atoms with Crippen molar-refractivity contribution in [2.45, 2.75) is 43.9 Å². The second-order valence-corrected chi connectivity index (χ2v) is 8.00. The first kappa shape index (κ1) is 13.7. The fourth-order valence-corrected chi connectivity index (χ4v) is 6.47. The van der Waals surface area contributed by atoms with Gasteiger partial charge in [0.05, 0.1) is 6.61 Å². The molecule has 0 aromatic carbocycles. The van der Waals surface area contributed by atoms with Gasteiger partial charge < -0.3 is 4.74 Å². The highest BCUT2D eigenvalue weighted by molar-refractivity contribution is 8.14. The maximum atomic E-state index is 12.1. The molecule has 114 valence electrons. The zero-order valence-corrected chi connectivity index (χ0v) is 13.4. The van der Waals surface area contributed by atoms with E-state index in [9.17, 15) is 4.79 Å². The minimum Gasteiger partial charge on any atom is -0.430 e. The molecule has 0 radical (unpaired) electrons. The van der Waals surface area contributed by atoms with E-state index in [1.165, 1.54) is 36.8 Å². The highest BCUT2D eigenvalue weighted by Gasteiger charge is 2.64. The van der Waals surface area contributed by atoms with Gasteiger partial charge in [0.25, 0.3) is 0 Å². The van der Waals surface area contributed by atoms with Gasteiger partial charge in [-0.25, -0.2) is 0 Å². The van der Waals surface area contributed by atoms with Crippen molar-refractivity contribution in [3.63, 3.8) is 0 Å². The number of thioether (sulfide) groups is 1. The van der Waals surface area contributed by atoms with Gasteiger partial charge in [-0.1, -0.05) is 10.1 Å². The molecule has 0 unspecified atom stereocenters. The number of rotatable bonds is 1. The number of carbonyl (C=O) groups is 1. The summed E-state index contributed by atoms with van der Waals surface area (Å²) in [5.41, 5.74) is 0. The molecule has 5 rings (SSSR count). The molecule has 5 nitrogen and oxygen atoms in total. The maximum absolute atomic E-state index is 12.1. The molecule has 4 aliphatic carbocycles. The van der Waals surface area contributed by atoms with Gasteiger partial charge in [-0.15, -0.1) is 0 Å². The molecule has 0 aromatic heterocycles. The lowest BCUT2D eigenvalue weighted by atomic mass is 9.54. The van der Waals surface area contributed by atoms with E-state index in [1.807, 2.05) is 6.92 Å². The van der Waals surface area contributed by atoms with Crippen LogP contribution in [0.25, 0.3) is 0 Å². The molecule has 0 saturated heterocycles. The first-order chi connectivity index (χ1) is 10.2. The molecule has 6 heteroatoms. The fourth-order valence-electron chi connectivity index (χ4n) is 5.04. The molecule has 21 heavy (non-hydrogen) atoms. The number of nitrogens with zero attached hydrogens (tertiary/aromatic N) is 3. The van der Waals surface area contributed by atoms with E-state index in [2.05, 4.69) is 4.99 Å². The molecule has 4 saturated carbocycles. The summed E-state index contributed by atoms with van der Waals surface area (Å²) < 4.78 is 6.57. The molecule has 1 aliphatic heterocycles. The molecule has 0 aromatic rings. The van der Waals surface area contributed by atoms with Crippen LogP contribution in [0.2, 0.25) is 0 Å². The van der Waals surface area contributed by atoms with Crippen LogP contribution in [0.4, 0.5) is 4.79 Å². The number of amidine groups is 1. The number of hydrogen-bond donors (Lipinski definition) is 0. The Morgan fingerprint density at radius 1 is 1.33 bits per heavy atom. The quantitative estimate of drug-likeness (QED) is 0.697. The molecular weight excluding hydrogens is 286 g/mol.